The number of rotatable bonds is 4. The summed E-state index contributed by atoms with van der Waals surface area (Å²) in [6.07, 6.45) is 2.03. The van der Waals surface area contributed by atoms with Gasteiger partial charge in [0.1, 0.15) is 0 Å². The average Bonchev–Trinajstić information content (AvgIpc) is 2.20. The Labute approximate surface area is 95.9 Å². The maximum Gasteiger partial charge on any atom is 0.194 e. The minimum Gasteiger partial charge on any atom is -0.504 e. The van der Waals surface area contributed by atoms with Crippen LogP contribution in [-0.4, -0.2) is 16.8 Å². The highest BCUT2D eigenvalue weighted by Gasteiger charge is 2.15. The van der Waals surface area contributed by atoms with Gasteiger partial charge in [0.15, 0.2) is 17.3 Å². The Bertz CT molecular complexity index is 358. The molecule has 0 aliphatic carbocycles. The van der Waals surface area contributed by atoms with Crippen LogP contribution in [0.3, 0.4) is 0 Å². The molecule has 0 saturated carbocycles. The second kappa shape index (κ2) is 5.32. The number of phenolic OH excluding ortho intramolecular Hbond substituents is 2. The molecule has 0 unspecified atom stereocenters. The molecular weight excluding hydrogens is 265 g/mol. The third-order valence-corrected chi connectivity index (χ3v) is 2.86. The van der Waals surface area contributed by atoms with Crippen LogP contribution in [-0.2, 0) is 6.42 Å². The molecule has 0 fully saturated rings. The zero-order valence-corrected chi connectivity index (χ0v) is 9.72. The van der Waals surface area contributed by atoms with Gasteiger partial charge < -0.3 is 15.9 Å². The van der Waals surface area contributed by atoms with Crippen LogP contribution < -0.4 is 5.73 Å². The summed E-state index contributed by atoms with van der Waals surface area (Å²) in [5, 5.41) is 18.3. The van der Waals surface area contributed by atoms with Crippen molar-refractivity contribution in [2.45, 2.75) is 19.3 Å². The lowest BCUT2D eigenvalue weighted by Crippen LogP contribution is -2.00. The van der Waals surface area contributed by atoms with Crippen LogP contribution in [0.15, 0.2) is 10.5 Å². The van der Waals surface area contributed by atoms with Crippen LogP contribution in [0.5, 0.6) is 11.5 Å². The molecule has 84 valence electrons. The highest BCUT2D eigenvalue weighted by atomic mass is 79.9. The molecule has 4 N–H and O–H groups in total. The van der Waals surface area contributed by atoms with Crippen molar-refractivity contribution in [3.05, 3.63) is 21.9 Å². The van der Waals surface area contributed by atoms with Crippen molar-refractivity contribution >= 4 is 15.9 Å². The first-order valence-corrected chi connectivity index (χ1v) is 5.46. The second-order valence-electron chi connectivity index (χ2n) is 3.26. The highest BCUT2D eigenvalue weighted by Crippen LogP contribution is 2.35. The Morgan fingerprint density at radius 1 is 1.33 bits per heavy atom. The summed E-state index contributed by atoms with van der Waals surface area (Å²) >= 11 is 3.14. The minimum atomic E-state index is -0.765. The third-order valence-electron chi connectivity index (χ3n) is 2.15. The Morgan fingerprint density at radius 2 is 2.00 bits per heavy atom. The van der Waals surface area contributed by atoms with Crippen molar-refractivity contribution in [2.24, 2.45) is 5.73 Å². The van der Waals surface area contributed by atoms with Crippen LogP contribution in [0.2, 0.25) is 0 Å². The van der Waals surface area contributed by atoms with E-state index in [0.29, 0.717) is 23.0 Å². The van der Waals surface area contributed by atoms with Crippen LogP contribution in [0.25, 0.3) is 0 Å². The number of halogens is 2. The van der Waals surface area contributed by atoms with Crippen LogP contribution in [0.1, 0.15) is 18.4 Å². The number of unbranched alkanes of at least 4 members (excludes halogenated alkanes) is 1. The van der Waals surface area contributed by atoms with E-state index in [9.17, 15) is 9.50 Å². The summed E-state index contributed by atoms with van der Waals surface area (Å²) < 4.78 is 13.9. The molecule has 1 aromatic rings. The topological polar surface area (TPSA) is 66.5 Å². The van der Waals surface area contributed by atoms with Gasteiger partial charge in [0.25, 0.3) is 0 Å². The van der Waals surface area contributed by atoms with Gasteiger partial charge in [0.2, 0.25) is 0 Å². The van der Waals surface area contributed by atoms with Gasteiger partial charge in [-0.25, -0.2) is 4.39 Å². The van der Waals surface area contributed by atoms with Gasteiger partial charge in [-0.3, -0.25) is 0 Å². The van der Waals surface area contributed by atoms with Gasteiger partial charge in [0.05, 0.1) is 0 Å². The summed E-state index contributed by atoms with van der Waals surface area (Å²) in [5.74, 6) is -1.92. The molecule has 0 aliphatic heterocycles. The number of phenols is 2. The first-order chi connectivity index (χ1) is 7.07. The zero-order valence-electron chi connectivity index (χ0n) is 8.13. The lowest BCUT2D eigenvalue weighted by molar-refractivity contribution is 0.375. The normalized spacial score (nSPS) is 10.6. The third kappa shape index (κ3) is 2.82. The van der Waals surface area contributed by atoms with E-state index in [0.717, 1.165) is 12.8 Å². The summed E-state index contributed by atoms with van der Waals surface area (Å²) in [7, 11) is 0. The van der Waals surface area contributed by atoms with Crippen molar-refractivity contribution in [3.63, 3.8) is 0 Å². The molecule has 0 aliphatic rings. The summed E-state index contributed by atoms with van der Waals surface area (Å²) in [6.45, 7) is 0.559. The van der Waals surface area contributed by atoms with E-state index in [-0.39, 0.29) is 0 Å². The number of aromatic hydroxyl groups is 2. The van der Waals surface area contributed by atoms with Crippen LogP contribution in [0, 0.1) is 5.82 Å². The van der Waals surface area contributed by atoms with Gasteiger partial charge in [-0.15, -0.1) is 0 Å². The monoisotopic (exact) mass is 277 g/mol. The Hall–Kier alpha value is -0.810. The molecule has 3 nitrogen and oxygen atoms in total. The maximum atomic E-state index is 13.5. The fourth-order valence-corrected chi connectivity index (χ4v) is 1.90. The molecule has 0 aromatic heterocycles. The molecule has 0 spiro atoms. The molecule has 0 radical (unpaired) electrons. The average molecular weight is 278 g/mol. The SMILES string of the molecule is NCCCCc1c(Br)cc(O)c(O)c1F. The largest absolute Gasteiger partial charge is 0.504 e. The van der Waals surface area contributed by atoms with Crippen molar-refractivity contribution in [1.82, 2.24) is 0 Å². The summed E-state index contributed by atoms with van der Waals surface area (Å²) in [4.78, 5) is 0. The molecule has 0 atom stereocenters. The zero-order chi connectivity index (χ0) is 11.4. The fourth-order valence-electron chi connectivity index (χ4n) is 1.31. The number of hydrogen-bond acceptors (Lipinski definition) is 3. The van der Waals surface area contributed by atoms with E-state index in [4.69, 9.17) is 10.8 Å². The van der Waals surface area contributed by atoms with E-state index in [1.54, 1.807) is 0 Å². The number of benzene rings is 1. The van der Waals surface area contributed by atoms with Gasteiger partial charge in [-0.05, 0) is 31.9 Å². The predicted molar refractivity (Wildman–Crippen MR) is 59.4 cm³/mol. The molecule has 0 bridgehead atoms. The minimum absolute atomic E-state index is 0.374. The Morgan fingerprint density at radius 3 is 2.60 bits per heavy atom. The molecule has 1 rings (SSSR count). The number of nitrogens with two attached hydrogens (primary N) is 1. The Kier molecular flexibility index (Phi) is 4.35. The smallest absolute Gasteiger partial charge is 0.194 e. The predicted octanol–water partition coefficient (Wildman–Crippen LogP) is 2.28. The lowest BCUT2D eigenvalue weighted by atomic mass is 10.1. The van der Waals surface area contributed by atoms with Crippen molar-refractivity contribution < 1.29 is 14.6 Å². The summed E-state index contributed by atoms with van der Waals surface area (Å²) in [6, 6.07) is 1.29. The summed E-state index contributed by atoms with van der Waals surface area (Å²) in [5.41, 5.74) is 5.70. The van der Waals surface area contributed by atoms with Crippen molar-refractivity contribution in [2.75, 3.05) is 6.54 Å². The van der Waals surface area contributed by atoms with Crippen molar-refractivity contribution in [3.8, 4) is 11.5 Å². The van der Waals surface area contributed by atoms with E-state index in [1.165, 1.54) is 6.07 Å². The highest BCUT2D eigenvalue weighted by molar-refractivity contribution is 9.10. The lowest BCUT2D eigenvalue weighted by Gasteiger charge is -2.08. The maximum absolute atomic E-state index is 13.5. The van der Waals surface area contributed by atoms with Gasteiger partial charge in [-0.2, -0.15) is 0 Å². The first kappa shape index (κ1) is 12.3. The first-order valence-electron chi connectivity index (χ1n) is 4.66. The standard InChI is InChI=1S/C10H13BrFNO2/c11-7-5-8(14)10(15)9(12)6(7)3-1-2-4-13/h5,14-15H,1-4,13H2. The van der Waals surface area contributed by atoms with E-state index in [2.05, 4.69) is 15.9 Å². The van der Waals surface area contributed by atoms with Gasteiger partial charge >= 0.3 is 0 Å². The molecule has 0 saturated heterocycles. The van der Waals surface area contributed by atoms with Crippen LogP contribution >= 0.6 is 15.9 Å². The number of hydrogen-bond donors (Lipinski definition) is 3. The molecule has 0 amide bonds. The Balaban J connectivity index is 2.92. The van der Waals surface area contributed by atoms with Gasteiger partial charge in [0, 0.05) is 10.0 Å². The fraction of sp³-hybridized carbons (Fsp3) is 0.400. The molecule has 15 heavy (non-hydrogen) atoms. The van der Waals surface area contributed by atoms with Crippen LogP contribution in [0.4, 0.5) is 4.39 Å². The van der Waals surface area contributed by atoms with Crippen molar-refractivity contribution in [1.29, 1.82) is 0 Å². The van der Waals surface area contributed by atoms with E-state index >= 15 is 0 Å². The van der Waals surface area contributed by atoms with E-state index in [1.807, 2.05) is 0 Å². The molecule has 0 heterocycles. The molecular formula is C10H13BrFNO2. The second-order valence-corrected chi connectivity index (χ2v) is 4.12. The molecule has 1 aromatic carbocycles. The van der Waals surface area contributed by atoms with Gasteiger partial charge in [-0.1, -0.05) is 15.9 Å². The molecule has 5 heteroatoms. The van der Waals surface area contributed by atoms with E-state index < -0.39 is 17.3 Å². The quantitative estimate of drug-likeness (QED) is 0.584.